The number of rotatable bonds is 2. The molecule has 0 saturated heterocycles. The van der Waals surface area contributed by atoms with Gasteiger partial charge >= 0.3 is 5.97 Å². The van der Waals surface area contributed by atoms with Gasteiger partial charge < -0.3 is 4.74 Å². The van der Waals surface area contributed by atoms with Crippen molar-refractivity contribution in [1.82, 2.24) is 24.7 Å². The SMILES string of the molecule is COC(=O)c1cc2c(=O)n(-c3n[nH]c(C)n3)ccc2nc1C. The van der Waals surface area contributed by atoms with E-state index in [1.165, 1.54) is 17.7 Å². The van der Waals surface area contributed by atoms with Crippen molar-refractivity contribution in [2.45, 2.75) is 13.8 Å². The summed E-state index contributed by atoms with van der Waals surface area (Å²) in [5, 5.41) is 6.94. The number of pyridine rings is 2. The molecule has 3 aromatic heterocycles. The van der Waals surface area contributed by atoms with Crippen molar-refractivity contribution in [3.8, 4) is 5.95 Å². The molecule has 0 atom stereocenters. The number of aryl methyl sites for hydroxylation is 2. The number of esters is 1. The van der Waals surface area contributed by atoms with Crippen molar-refractivity contribution in [2.75, 3.05) is 7.11 Å². The number of ether oxygens (including phenoxy) is 1. The predicted molar refractivity (Wildman–Crippen MR) is 78.1 cm³/mol. The molecule has 0 saturated carbocycles. The van der Waals surface area contributed by atoms with E-state index < -0.39 is 5.97 Å². The van der Waals surface area contributed by atoms with Gasteiger partial charge in [0.05, 0.1) is 29.3 Å². The number of H-pyrrole nitrogens is 1. The quantitative estimate of drug-likeness (QED) is 0.705. The largest absolute Gasteiger partial charge is 0.465 e. The van der Waals surface area contributed by atoms with E-state index in [9.17, 15) is 9.59 Å². The van der Waals surface area contributed by atoms with Gasteiger partial charge in [-0.3, -0.25) is 14.9 Å². The van der Waals surface area contributed by atoms with Gasteiger partial charge in [-0.15, -0.1) is 5.10 Å². The molecule has 0 unspecified atom stereocenters. The first-order chi connectivity index (χ1) is 10.5. The van der Waals surface area contributed by atoms with Gasteiger partial charge in [0, 0.05) is 6.20 Å². The van der Waals surface area contributed by atoms with Crippen molar-refractivity contribution < 1.29 is 9.53 Å². The van der Waals surface area contributed by atoms with Crippen LogP contribution < -0.4 is 5.56 Å². The molecule has 0 fully saturated rings. The second kappa shape index (κ2) is 5.06. The third-order valence-corrected chi connectivity index (χ3v) is 3.28. The fraction of sp³-hybridized carbons (Fsp3) is 0.214. The molecular weight excluding hydrogens is 286 g/mol. The molecule has 0 bridgehead atoms. The average Bonchev–Trinajstić information content (AvgIpc) is 2.92. The first kappa shape index (κ1) is 13.9. The third-order valence-electron chi connectivity index (χ3n) is 3.28. The van der Waals surface area contributed by atoms with Gasteiger partial charge in [-0.1, -0.05) is 0 Å². The molecule has 3 aromatic rings. The van der Waals surface area contributed by atoms with Crippen LogP contribution in [0.1, 0.15) is 21.9 Å². The maximum atomic E-state index is 12.6. The highest BCUT2D eigenvalue weighted by Crippen LogP contribution is 2.15. The van der Waals surface area contributed by atoms with Crippen LogP contribution in [0.5, 0.6) is 0 Å². The minimum atomic E-state index is -0.532. The molecule has 0 radical (unpaired) electrons. The highest BCUT2D eigenvalue weighted by molar-refractivity contribution is 5.94. The van der Waals surface area contributed by atoms with E-state index in [1.807, 2.05) is 0 Å². The summed E-state index contributed by atoms with van der Waals surface area (Å²) in [4.78, 5) is 32.7. The molecule has 3 rings (SSSR count). The number of carbonyl (C=O) groups is 1. The van der Waals surface area contributed by atoms with E-state index in [0.717, 1.165) is 0 Å². The predicted octanol–water partition coefficient (Wildman–Crippen LogP) is 0.907. The summed E-state index contributed by atoms with van der Waals surface area (Å²) in [5.41, 5.74) is 0.911. The van der Waals surface area contributed by atoms with Gasteiger partial charge in [-0.2, -0.15) is 4.98 Å². The van der Waals surface area contributed by atoms with Crippen LogP contribution in [-0.4, -0.2) is 37.8 Å². The Kier molecular flexibility index (Phi) is 3.21. The Labute approximate surface area is 124 Å². The highest BCUT2D eigenvalue weighted by atomic mass is 16.5. The monoisotopic (exact) mass is 299 g/mol. The number of aromatic amines is 1. The van der Waals surface area contributed by atoms with E-state index in [1.54, 1.807) is 26.1 Å². The van der Waals surface area contributed by atoms with Crippen LogP contribution in [0.15, 0.2) is 23.1 Å². The van der Waals surface area contributed by atoms with Crippen LogP contribution in [0.25, 0.3) is 16.9 Å². The molecule has 0 aliphatic rings. The van der Waals surface area contributed by atoms with Crippen molar-refractivity contribution in [3.63, 3.8) is 0 Å². The molecule has 0 aliphatic heterocycles. The van der Waals surface area contributed by atoms with E-state index in [0.29, 0.717) is 22.4 Å². The van der Waals surface area contributed by atoms with Crippen LogP contribution in [0.4, 0.5) is 0 Å². The molecule has 0 aliphatic carbocycles. The summed E-state index contributed by atoms with van der Waals surface area (Å²) in [6, 6.07) is 3.17. The molecule has 8 heteroatoms. The van der Waals surface area contributed by atoms with Gasteiger partial charge in [-0.05, 0) is 26.0 Å². The molecule has 0 spiro atoms. The maximum Gasteiger partial charge on any atom is 0.339 e. The number of nitrogens with zero attached hydrogens (tertiary/aromatic N) is 4. The number of aromatic nitrogens is 5. The van der Waals surface area contributed by atoms with Gasteiger partial charge in [0.2, 0.25) is 0 Å². The lowest BCUT2D eigenvalue weighted by Crippen LogP contribution is -2.20. The fourth-order valence-electron chi connectivity index (χ4n) is 2.18. The minimum absolute atomic E-state index is 0.240. The number of hydrogen-bond acceptors (Lipinski definition) is 6. The summed E-state index contributed by atoms with van der Waals surface area (Å²) in [6.07, 6.45) is 1.55. The number of carbonyl (C=O) groups excluding carboxylic acids is 1. The second-order valence-corrected chi connectivity index (χ2v) is 4.76. The van der Waals surface area contributed by atoms with E-state index >= 15 is 0 Å². The van der Waals surface area contributed by atoms with Crippen LogP contribution >= 0.6 is 0 Å². The maximum absolute atomic E-state index is 12.6. The van der Waals surface area contributed by atoms with E-state index in [4.69, 9.17) is 4.74 Å². The molecule has 112 valence electrons. The van der Waals surface area contributed by atoms with Crippen molar-refractivity contribution in [3.05, 3.63) is 45.8 Å². The Morgan fingerprint density at radius 3 is 2.73 bits per heavy atom. The number of fused-ring (bicyclic) bond motifs is 1. The Morgan fingerprint density at radius 1 is 1.32 bits per heavy atom. The third kappa shape index (κ3) is 2.14. The summed E-state index contributed by atoms with van der Waals surface area (Å²) < 4.78 is 6.00. The Balaban J connectivity index is 2.28. The topological polar surface area (TPSA) is 103 Å². The van der Waals surface area contributed by atoms with Crippen LogP contribution in [0.2, 0.25) is 0 Å². The Hall–Kier alpha value is -3.03. The summed E-state index contributed by atoms with van der Waals surface area (Å²) in [7, 11) is 1.28. The van der Waals surface area contributed by atoms with Gasteiger partial charge in [0.1, 0.15) is 5.82 Å². The molecule has 1 N–H and O–H groups in total. The summed E-state index contributed by atoms with van der Waals surface area (Å²) in [5.74, 6) is 0.305. The summed E-state index contributed by atoms with van der Waals surface area (Å²) >= 11 is 0. The van der Waals surface area contributed by atoms with Crippen molar-refractivity contribution >= 4 is 16.9 Å². The molecular formula is C14H13N5O3. The zero-order chi connectivity index (χ0) is 15.9. The van der Waals surface area contributed by atoms with Gasteiger partial charge in [0.15, 0.2) is 0 Å². The zero-order valence-electron chi connectivity index (χ0n) is 12.2. The molecule has 8 nitrogen and oxygen atoms in total. The van der Waals surface area contributed by atoms with Crippen molar-refractivity contribution in [2.24, 2.45) is 0 Å². The zero-order valence-corrected chi connectivity index (χ0v) is 12.2. The first-order valence-corrected chi connectivity index (χ1v) is 6.52. The van der Waals surface area contributed by atoms with Gasteiger partial charge in [-0.25, -0.2) is 9.36 Å². The Bertz CT molecular complexity index is 941. The normalized spacial score (nSPS) is 10.9. The number of methoxy groups -OCH3 is 1. The number of nitrogens with one attached hydrogen (secondary N) is 1. The second-order valence-electron chi connectivity index (χ2n) is 4.76. The van der Waals surface area contributed by atoms with Crippen LogP contribution in [-0.2, 0) is 4.74 Å². The standard InChI is InChI=1S/C14H13N5O3/c1-7-9(13(21)22-3)6-10-11(15-7)4-5-19(12(10)20)14-16-8(2)17-18-14/h4-6H,1-3H3,(H,16,17,18). The van der Waals surface area contributed by atoms with Gasteiger partial charge in [0.25, 0.3) is 11.5 Å². The van der Waals surface area contributed by atoms with Crippen molar-refractivity contribution in [1.29, 1.82) is 0 Å². The lowest BCUT2D eigenvalue weighted by Gasteiger charge is -2.07. The lowest BCUT2D eigenvalue weighted by atomic mass is 10.1. The fourth-order valence-corrected chi connectivity index (χ4v) is 2.18. The lowest BCUT2D eigenvalue weighted by molar-refractivity contribution is 0.0599. The number of hydrogen-bond donors (Lipinski definition) is 1. The van der Waals surface area contributed by atoms with Crippen LogP contribution in [0.3, 0.4) is 0 Å². The van der Waals surface area contributed by atoms with E-state index in [-0.39, 0.29) is 17.1 Å². The van der Waals surface area contributed by atoms with E-state index in [2.05, 4.69) is 20.2 Å². The highest BCUT2D eigenvalue weighted by Gasteiger charge is 2.15. The minimum Gasteiger partial charge on any atom is -0.465 e. The van der Waals surface area contributed by atoms with Crippen LogP contribution in [0, 0.1) is 13.8 Å². The summed E-state index contributed by atoms with van der Waals surface area (Å²) in [6.45, 7) is 3.43. The smallest absolute Gasteiger partial charge is 0.339 e. The molecule has 3 heterocycles. The molecule has 0 amide bonds. The Morgan fingerprint density at radius 2 is 2.09 bits per heavy atom. The first-order valence-electron chi connectivity index (χ1n) is 6.52. The molecule has 0 aromatic carbocycles. The average molecular weight is 299 g/mol. The molecule has 22 heavy (non-hydrogen) atoms.